The Morgan fingerprint density at radius 1 is 1.10 bits per heavy atom. The first-order chi connectivity index (χ1) is 14.5. The predicted octanol–water partition coefficient (Wildman–Crippen LogP) is 2.94. The van der Waals surface area contributed by atoms with Gasteiger partial charge in [-0.1, -0.05) is 6.92 Å². The summed E-state index contributed by atoms with van der Waals surface area (Å²) in [6, 6.07) is 8.13. The topological polar surface area (TPSA) is 122 Å². The molecule has 9 heteroatoms. The molecule has 1 N–H and O–H groups in total. The zero-order valence-electron chi connectivity index (χ0n) is 17.3. The van der Waals surface area contributed by atoms with Crippen LogP contribution in [0.2, 0.25) is 0 Å². The molecule has 2 rings (SSSR count). The summed E-state index contributed by atoms with van der Waals surface area (Å²) < 4.78 is 16.4. The molecule has 0 aliphatic heterocycles. The molecule has 0 heterocycles. The van der Waals surface area contributed by atoms with Gasteiger partial charge in [-0.2, -0.15) is 0 Å². The number of aromatic carboxylic acids is 1. The molecule has 0 aliphatic carbocycles. The number of phenolic OH excluding ortho intramolecular Hbond substituents is 1. The van der Waals surface area contributed by atoms with Crippen molar-refractivity contribution in [2.24, 2.45) is 5.41 Å². The van der Waals surface area contributed by atoms with E-state index >= 15 is 0 Å². The summed E-state index contributed by atoms with van der Waals surface area (Å²) in [7, 11) is 0. The molecule has 0 saturated heterocycles. The van der Waals surface area contributed by atoms with Crippen molar-refractivity contribution in [3.8, 4) is 17.2 Å². The molecule has 0 bridgehead atoms. The van der Waals surface area contributed by atoms with Gasteiger partial charge in [-0.05, 0) is 78.8 Å². The molecular weight excluding hydrogens is 519 g/mol. The number of hydrogen-bond acceptors (Lipinski definition) is 8. The summed E-state index contributed by atoms with van der Waals surface area (Å²) in [6.45, 7) is 5.29. The second-order valence-electron chi connectivity index (χ2n) is 7.22. The van der Waals surface area contributed by atoms with Gasteiger partial charge in [0.1, 0.15) is 36.0 Å². The van der Waals surface area contributed by atoms with E-state index in [4.69, 9.17) is 14.2 Å². The minimum absolute atomic E-state index is 0.0228. The molecule has 0 spiro atoms. The van der Waals surface area contributed by atoms with Gasteiger partial charge < -0.3 is 29.2 Å². The van der Waals surface area contributed by atoms with E-state index in [1.165, 1.54) is 36.4 Å². The van der Waals surface area contributed by atoms with E-state index in [9.17, 15) is 24.6 Å². The molecular formula is C22H22IO8-. The number of carboxylic acid groups (broad SMARTS) is 1. The van der Waals surface area contributed by atoms with E-state index in [1.807, 2.05) is 29.5 Å². The number of ether oxygens (including phenoxy) is 3. The first kappa shape index (κ1) is 24.4. The number of benzene rings is 2. The van der Waals surface area contributed by atoms with Gasteiger partial charge in [0, 0.05) is 6.07 Å². The highest BCUT2D eigenvalue weighted by Crippen LogP contribution is 2.28. The van der Waals surface area contributed by atoms with Gasteiger partial charge >= 0.3 is 11.9 Å². The molecule has 2 aromatic rings. The van der Waals surface area contributed by atoms with Crippen LogP contribution in [0.5, 0.6) is 17.2 Å². The van der Waals surface area contributed by atoms with Gasteiger partial charge in [0.05, 0.1) is 15.0 Å². The van der Waals surface area contributed by atoms with Crippen LogP contribution in [0.3, 0.4) is 0 Å². The molecule has 2 aromatic carbocycles. The predicted molar refractivity (Wildman–Crippen MR) is 117 cm³/mol. The fourth-order valence-corrected chi connectivity index (χ4v) is 2.92. The Balaban J connectivity index is 1.90. The second kappa shape index (κ2) is 10.5. The Bertz CT molecular complexity index is 983. The van der Waals surface area contributed by atoms with E-state index in [0.29, 0.717) is 15.7 Å². The van der Waals surface area contributed by atoms with Gasteiger partial charge in [0.25, 0.3) is 0 Å². The normalized spacial score (nSPS) is 11.0. The van der Waals surface area contributed by atoms with Crippen LogP contribution >= 0.6 is 22.6 Å². The Labute approximate surface area is 193 Å². The number of carbonyl (C=O) groups is 3. The standard InChI is InChI=1S/C22H23IO8/c1-4-22(2,3)21(28)31-14-6-7-15(17(24)12-14)20(27)30-10-9-29-18-8-5-13(19(25)26)11-16(18)23/h5-8,11-12,24H,4,9-10H2,1-3H3,(H,25,26)/p-1. The third kappa shape index (κ3) is 6.58. The number of aromatic hydroxyl groups is 1. The first-order valence-corrected chi connectivity index (χ1v) is 10.5. The summed E-state index contributed by atoms with van der Waals surface area (Å²) in [6.07, 6.45) is 0.588. The average molecular weight is 541 g/mol. The number of rotatable bonds is 9. The Kier molecular flexibility index (Phi) is 8.26. The quantitative estimate of drug-likeness (QED) is 0.223. The number of phenols is 1. The van der Waals surface area contributed by atoms with Crippen molar-refractivity contribution in [1.29, 1.82) is 0 Å². The Morgan fingerprint density at radius 2 is 1.81 bits per heavy atom. The third-order valence-electron chi connectivity index (χ3n) is 4.58. The van der Waals surface area contributed by atoms with Gasteiger partial charge in [-0.25, -0.2) is 4.79 Å². The second-order valence-corrected chi connectivity index (χ2v) is 8.39. The maximum atomic E-state index is 12.2. The van der Waals surface area contributed by atoms with E-state index in [2.05, 4.69) is 0 Å². The maximum Gasteiger partial charge on any atom is 0.342 e. The van der Waals surface area contributed by atoms with E-state index < -0.39 is 23.3 Å². The van der Waals surface area contributed by atoms with Crippen LogP contribution in [0.1, 0.15) is 47.9 Å². The SMILES string of the molecule is CCC(C)(C)C(=O)Oc1ccc(C(=O)OCCOc2ccc(C(=O)[O-])cc2I)c(O)c1. The lowest BCUT2D eigenvalue weighted by atomic mass is 9.91. The monoisotopic (exact) mass is 541 g/mol. The number of esters is 2. The summed E-state index contributed by atoms with van der Waals surface area (Å²) in [5.74, 6) is -2.31. The van der Waals surface area contributed by atoms with Crippen molar-refractivity contribution in [3.05, 3.63) is 51.1 Å². The van der Waals surface area contributed by atoms with Gasteiger partial charge in [0.2, 0.25) is 0 Å². The summed E-state index contributed by atoms with van der Waals surface area (Å²) >= 11 is 1.92. The number of halogens is 1. The highest BCUT2D eigenvalue weighted by atomic mass is 127. The largest absolute Gasteiger partial charge is 0.545 e. The van der Waals surface area contributed by atoms with E-state index in [0.717, 1.165) is 0 Å². The van der Waals surface area contributed by atoms with Crippen molar-refractivity contribution in [2.45, 2.75) is 27.2 Å². The molecule has 0 radical (unpaired) electrons. The number of carboxylic acids is 1. The van der Waals surface area contributed by atoms with E-state index in [1.54, 1.807) is 13.8 Å². The molecule has 8 nitrogen and oxygen atoms in total. The van der Waals surface area contributed by atoms with Crippen LogP contribution in [0.4, 0.5) is 0 Å². The first-order valence-electron chi connectivity index (χ1n) is 9.41. The smallest absolute Gasteiger partial charge is 0.342 e. The lowest BCUT2D eigenvalue weighted by molar-refractivity contribution is -0.255. The summed E-state index contributed by atoms with van der Waals surface area (Å²) in [5.41, 5.74) is -0.718. The van der Waals surface area contributed by atoms with Gasteiger partial charge in [-0.3, -0.25) is 4.79 Å². The van der Waals surface area contributed by atoms with Crippen molar-refractivity contribution in [1.82, 2.24) is 0 Å². The molecule has 0 aliphatic rings. The van der Waals surface area contributed by atoms with Crippen LogP contribution in [0.25, 0.3) is 0 Å². The fraction of sp³-hybridized carbons (Fsp3) is 0.318. The Hall–Kier alpha value is -2.82. The van der Waals surface area contributed by atoms with Crippen LogP contribution in [0.15, 0.2) is 36.4 Å². The van der Waals surface area contributed by atoms with Crippen molar-refractivity contribution < 1.29 is 38.8 Å². The number of hydrogen-bond donors (Lipinski definition) is 1. The van der Waals surface area contributed by atoms with Gasteiger partial charge in [-0.15, -0.1) is 0 Å². The summed E-state index contributed by atoms with van der Waals surface area (Å²) in [5, 5.41) is 20.9. The Morgan fingerprint density at radius 3 is 2.39 bits per heavy atom. The van der Waals surface area contributed by atoms with Crippen molar-refractivity contribution in [2.75, 3.05) is 13.2 Å². The van der Waals surface area contributed by atoms with E-state index in [-0.39, 0.29) is 35.8 Å². The molecule has 0 unspecified atom stereocenters. The lowest BCUT2D eigenvalue weighted by Gasteiger charge is -2.20. The fourth-order valence-electron chi connectivity index (χ4n) is 2.25. The average Bonchev–Trinajstić information content (AvgIpc) is 2.71. The highest BCUT2D eigenvalue weighted by molar-refractivity contribution is 14.1. The zero-order chi connectivity index (χ0) is 23.2. The summed E-state index contributed by atoms with van der Waals surface area (Å²) in [4.78, 5) is 35.1. The van der Waals surface area contributed by atoms with Crippen LogP contribution in [0, 0.1) is 8.99 Å². The third-order valence-corrected chi connectivity index (χ3v) is 5.42. The molecule has 166 valence electrons. The van der Waals surface area contributed by atoms with Crippen LogP contribution in [-0.2, 0) is 9.53 Å². The van der Waals surface area contributed by atoms with Crippen molar-refractivity contribution >= 4 is 40.5 Å². The van der Waals surface area contributed by atoms with Crippen LogP contribution < -0.4 is 14.6 Å². The molecule has 0 aromatic heterocycles. The van der Waals surface area contributed by atoms with Gasteiger partial charge in [0.15, 0.2) is 0 Å². The molecule has 0 amide bonds. The molecule has 0 saturated carbocycles. The number of carbonyl (C=O) groups excluding carboxylic acids is 3. The minimum atomic E-state index is -1.28. The molecule has 0 fully saturated rings. The lowest BCUT2D eigenvalue weighted by Crippen LogP contribution is -2.28. The molecule has 31 heavy (non-hydrogen) atoms. The van der Waals surface area contributed by atoms with Crippen LogP contribution in [-0.4, -0.2) is 36.2 Å². The zero-order valence-corrected chi connectivity index (χ0v) is 19.4. The maximum absolute atomic E-state index is 12.2. The van der Waals surface area contributed by atoms with Crippen molar-refractivity contribution in [3.63, 3.8) is 0 Å². The molecule has 0 atom stereocenters. The minimum Gasteiger partial charge on any atom is -0.545 e. The highest BCUT2D eigenvalue weighted by Gasteiger charge is 2.28.